The second-order valence-corrected chi connectivity index (χ2v) is 6.51. The van der Waals surface area contributed by atoms with Crippen LogP contribution in [0.15, 0.2) is 52.5 Å². The zero-order chi connectivity index (χ0) is 18.8. The lowest BCUT2D eigenvalue weighted by Crippen LogP contribution is -2.54. The average molecular weight is 415 g/mol. The number of benzene rings is 2. The van der Waals surface area contributed by atoms with Crippen LogP contribution in [-0.2, 0) is 16.0 Å². The van der Waals surface area contributed by atoms with Crippen LogP contribution in [0.4, 0.5) is 10.5 Å². The number of urea groups is 1. The number of aromatic hydroxyl groups is 1. The third-order valence-electron chi connectivity index (χ3n) is 4.00. The molecule has 0 unspecified atom stereocenters. The fraction of sp³-hybridized carbons (Fsp3) is 0.105. The molecule has 0 aromatic heterocycles. The summed E-state index contributed by atoms with van der Waals surface area (Å²) >= 11 is 3.19. The lowest BCUT2D eigenvalue weighted by Gasteiger charge is -2.28. The van der Waals surface area contributed by atoms with Gasteiger partial charge in [0, 0.05) is 0 Å². The fourth-order valence-electron chi connectivity index (χ4n) is 2.68. The van der Waals surface area contributed by atoms with Gasteiger partial charge in [-0.15, -0.1) is 0 Å². The second kappa shape index (κ2) is 7.13. The Labute approximate surface area is 158 Å². The molecule has 2 aromatic rings. The normalized spacial score (nSPS) is 16.2. The van der Waals surface area contributed by atoms with Crippen molar-refractivity contribution >= 4 is 45.5 Å². The first-order valence-electron chi connectivity index (χ1n) is 7.90. The number of nitrogens with one attached hydrogen (secondary N) is 1. The number of barbiturate groups is 1. The zero-order valence-electron chi connectivity index (χ0n) is 13.8. The molecule has 6 nitrogen and oxygen atoms in total. The Balaban J connectivity index is 2.05. The van der Waals surface area contributed by atoms with Crippen molar-refractivity contribution in [3.63, 3.8) is 0 Å². The van der Waals surface area contributed by atoms with Crippen molar-refractivity contribution in [1.82, 2.24) is 5.32 Å². The first-order chi connectivity index (χ1) is 12.4. The highest BCUT2D eigenvalue weighted by atomic mass is 79.9. The number of amides is 4. The number of imide groups is 2. The van der Waals surface area contributed by atoms with Crippen molar-refractivity contribution in [3.05, 3.63) is 63.6 Å². The van der Waals surface area contributed by atoms with Gasteiger partial charge in [0.1, 0.15) is 11.3 Å². The van der Waals surface area contributed by atoms with Gasteiger partial charge in [-0.1, -0.05) is 31.2 Å². The predicted molar refractivity (Wildman–Crippen MR) is 101 cm³/mol. The number of aryl methyl sites for hydroxylation is 1. The smallest absolute Gasteiger partial charge is 0.335 e. The first kappa shape index (κ1) is 17.9. The molecule has 0 bridgehead atoms. The molecule has 1 heterocycles. The van der Waals surface area contributed by atoms with Gasteiger partial charge in [0.05, 0.1) is 10.2 Å². The maximum Gasteiger partial charge on any atom is 0.335 e. The summed E-state index contributed by atoms with van der Waals surface area (Å²) < 4.78 is 0.430. The molecule has 1 saturated heterocycles. The van der Waals surface area contributed by atoms with Gasteiger partial charge < -0.3 is 5.11 Å². The van der Waals surface area contributed by atoms with Gasteiger partial charge in [-0.3, -0.25) is 14.9 Å². The Morgan fingerprint density at radius 2 is 1.88 bits per heavy atom. The average Bonchev–Trinajstić information content (AvgIpc) is 2.62. The molecule has 3 rings (SSSR count). The number of hydrogen-bond donors (Lipinski definition) is 2. The third-order valence-corrected chi connectivity index (χ3v) is 4.63. The Hall–Kier alpha value is -2.93. The van der Waals surface area contributed by atoms with E-state index in [1.165, 1.54) is 12.1 Å². The van der Waals surface area contributed by atoms with Crippen LogP contribution in [0.1, 0.15) is 18.1 Å². The van der Waals surface area contributed by atoms with Crippen LogP contribution < -0.4 is 10.2 Å². The van der Waals surface area contributed by atoms with Crippen molar-refractivity contribution in [2.24, 2.45) is 0 Å². The Bertz CT molecular complexity index is 952. The summed E-state index contributed by atoms with van der Waals surface area (Å²) in [5.41, 5.74) is 1.64. The molecular formula is C19H15BrN2O4. The highest BCUT2D eigenvalue weighted by Gasteiger charge is 2.37. The van der Waals surface area contributed by atoms with Gasteiger partial charge in [0.15, 0.2) is 0 Å². The maximum absolute atomic E-state index is 12.9. The number of halogens is 1. The van der Waals surface area contributed by atoms with Crippen LogP contribution in [0.25, 0.3) is 6.08 Å². The molecule has 1 aliphatic heterocycles. The standard InChI is InChI=1S/C19H15BrN2O4/c1-2-12-5-3-4-6-15(12)22-18(25)13(17(24)21-19(22)26)9-11-7-8-16(23)14(20)10-11/h3-10,23H,2H2,1H3,(H,21,24,26). The van der Waals surface area contributed by atoms with E-state index in [-0.39, 0.29) is 11.3 Å². The van der Waals surface area contributed by atoms with E-state index in [0.29, 0.717) is 22.1 Å². The highest BCUT2D eigenvalue weighted by molar-refractivity contribution is 9.10. The maximum atomic E-state index is 12.9. The first-order valence-corrected chi connectivity index (χ1v) is 8.69. The van der Waals surface area contributed by atoms with E-state index < -0.39 is 17.8 Å². The Morgan fingerprint density at radius 3 is 2.58 bits per heavy atom. The number of nitrogens with zero attached hydrogens (tertiary/aromatic N) is 1. The van der Waals surface area contributed by atoms with E-state index in [9.17, 15) is 19.5 Å². The minimum absolute atomic E-state index is 0.0419. The van der Waals surface area contributed by atoms with E-state index in [1.54, 1.807) is 24.3 Å². The second-order valence-electron chi connectivity index (χ2n) is 5.65. The van der Waals surface area contributed by atoms with Crippen molar-refractivity contribution in [2.45, 2.75) is 13.3 Å². The van der Waals surface area contributed by atoms with Crippen LogP contribution in [0.3, 0.4) is 0 Å². The summed E-state index contributed by atoms with van der Waals surface area (Å²) in [5, 5.41) is 11.8. The molecule has 2 aromatic carbocycles. The summed E-state index contributed by atoms with van der Waals surface area (Å²) in [4.78, 5) is 38.3. The Morgan fingerprint density at radius 1 is 1.15 bits per heavy atom. The highest BCUT2D eigenvalue weighted by Crippen LogP contribution is 2.28. The van der Waals surface area contributed by atoms with Crippen LogP contribution >= 0.6 is 15.9 Å². The number of anilines is 1. The molecule has 1 aliphatic rings. The van der Waals surface area contributed by atoms with E-state index in [4.69, 9.17) is 0 Å². The molecule has 0 atom stereocenters. The minimum atomic E-state index is -0.773. The third kappa shape index (κ3) is 3.25. The number of rotatable bonds is 3. The predicted octanol–water partition coefficient (Wildman–Crippen LogP) is 3.38. The van der Waals surface area contributed by atoms with Gasteiger partial charge in [-0.25, -0.2) is 9.69 Å². The molecule has 132 valence electrons. The molecule has 7 heteroatoms. The van der Waals surface area contributed by atoms with Gasteiger partial charge in [-0.2, -0.15) is 0 Å². The summed E-state index contributed by atoms with van der Waals surface area (Å²) in [6, 6.07) is 10.9. The molecule has 26 heavy (non-hydrogen) atoms. The van der Waals surface area contributed by atoms with E-state index in [2.05, 4.69) is 21.2 Å². The topological polar surface area (TPSA) is 86.7 Å². The molecule has 0 saturated carbocycles. The summed E-state index contributed by atoms with van der Waals surface area (Å²) in [6.45, 7) is 1.92. The fourth-order valence-corrected chi connectivity index (χ4v) is 3.08. The quantitative estimate of drug-likeness (QED) is 0.595. The van der Waals surface area contributed by atoms with Crippen molar-refractivity contribution in [2.75, 3.05) is 4.90 Å². The largest absolute Gasteiger partial charge is 0.507 e. The summed E-state index contributed by atoms with van der Waals surface area (Å²) in [5.74, 6) is -1.40. The van der Waals surface area contributed by atoms with Gasteiger partial charge in [-0.05, 0) is 57.8 Å². The minimum Gasteiger partial charge on any atom is -0.507 e. The molecule has 1 fully saturated rings. The SMILES string of the molecule is CCc1ccccc1N1C(=O)NC(=O)C(=Cc2ccc(O)c(Br)c2)C1=O. The molecule has 0 spiro atoms. The number of hydrogen-bond acceptors (Lipinski definition) is 4. The number of carbonyl (C=O) groups is 3. The number of para-hydroxylation sites is 1. The van der Waals surface area contributed by atoms with Gasteiger partial charge in [0.2, 0.25) is 0 Å². The molecule has 4 amide bonds. The van der Waals surface area contributed by atoms with Crippen molar-refractivity contribution < 1.29 is 19.5 Å². The number of carbonyl (C=O) groups excluding carboxylic acids is 3. The van der Waals surface area contributed by atoms with Crippen molar-refractivity contribution in [1.29, 1.82) is 0 Å². The van der Waals surface area contributed by atoms with Crippen molar-refractivity contribution in [3.8, 4) is 5.75 Å². The van der Waals surface area contributed by atoms with Crippen LogP contribution in [-0.4, -0.2) is 23.0 Å². The molecule has 0 aliphatic carbocycles. The van der Waals surface area contributed by atoms with E-state index >= 15 is 0 Å². The van der Waals surface area contributed by atoms with Crippen LogP contribution in [0.5, 0.6) is 5.75 Å². The summed E-state index contributed by atoms with van der Waals surface area (Å²) in [6.07, 6.45) is 2.01. The van der Waals surface area contributed by atoms with Crippen LogP contribution in [0.2, 0.25) is 0 Å². The zero-order valence-corrected chi connectivity index (χ0v) is 15.4. The Kier molecular flexibility index (Phi) is 4.90. The van der Waals surface area contributed by atoms with E-state index in [0.717, 1.165) is 10.5 Å². The van der Waals surface area contributed by atoms with Gasteiger partial charge >= 0.3 is 6.03 Å². The van der Waals surface area contributed by atoms with Crippen LogP contribution in [0, 0.1) is 0 Å². The molecule has 2 N–H and O–H groups in total. The number of phenols is 1. The van der Waals surface area contributed by atoms with Gasteiger partial charge in [0.25, 0.3) is 11.8 Å². The number of phenolic OH excluding ortho intramolecular Hbond substituents is 1. The lowest BCUT2D eigenvalue weighted by molar-refractivity contribution is -0.122. The lowest BCUT2D eigenvalue weighted by atomic mass is 10.0. The monoisotopic (exact) mass is 414 g/mol. The van der Waals surface area contributed by atoms with E-state index in [1.807, 2.05) is 19.1 Å². The molecule has 0 radical (unpaired) electrons. The molecular weight excluding hydrogens is 400 g/mol. The summed E-state index contributed by atoms with van der Waals surface area (Å²) in [7, 11) is 0.